The van der Waals surface area contributed by atoms with Crippen LogP contribution in [0.5, 0.6) is 0 Å². The fraction of sp³-hybridized carbons (Fsp3) is 0.387. The Morgan fingerprint density at radius 2 is 1.38 bits per heavy atom. The third-order valence-electron chi connectivity index (χ3n) is 7.17. The second-order valence-electron chi connectivity index (χ2n) is 10.7. The van der Waals surface area contributed by atoms with E-state index >= 15 is 0 Å². The Morgan fingerprint density at radius 1 is 0.733 bits per heavy atom. The summed E-state index contributed by atoms with van der Waals surface area (Å²) >= 11 is 0. The smallest absolute Gasteiger partial charge is 0.243 e. The summed E-state index contributed by atoms with van der Waals surface area (Å²) in [5.41, 5.74) is 30.4. The largest absolute Gasteiger partial charge is 0.370 e. The minimum Gasteiger partial charge on any atom is -0.370 e. The zero-order chi connectivity index (χ0) is 32.6. The number of para-hydroxylation sites is 1. The van der Waals surface area contributed by atoms with E-state index in [-0.39, 0.29) is 24.2 Å². The highest BCUT2D eigenvalue weighted by molar-refractivity contribution is 5.94. The molecular formula is C31H45N11O3. The molecule has 0 radical (unpaired) electrons. The predicted molar refractivity (Wildman–Crippen MR) is 177 cm³/mol. The molecule has 45 heavy (non-hydrogen) atoms. The van der Waals surface area contributed by atoms with Crippen molar-refractivity contribution >= 4 is 40.5 Å². The van der Waals surface area contributed by atoms with Crippen LogP contribution in [-0.2, 0) is 27.3 Å². The molecule has 0 aliphatic heterocycles. The van der Waals surface area contributed by atoms with Gasteiger partial charge in [-0.05, 0) is 49.3 Å². The van der Waals surface area contributed by atoms with E-state index in [0.717, 1.165) is 22.0 Å². The number of hydrogen-bond acceptors (Lipinski definition) is 6. The first-order chi connectivity index (χ1) is 21.6. The molecule has 3 rings (SSSR count). The normalized spacial score (nSPS) is 12.8. The molecule has 3 amide bonds. The molecule has 1 heterocycles. The molecule has 2 aromatic carbocycles. The number of guanidine groups is 2. The van der Waals surface area contributed by atoms with Crippen molar-refractivity contribution in [2.24, 2.45) is 38.7 Å². The number of carbonyl (C=O) groups is 3. The van der Waals surface area contributed by atoms with Crippen LogP contribution in [-0.4, -0.2) is 65.8 Å². The molecule has 14 nitrogen and oxygen atoms in total. The maximum absolute atomic E-state index is 13.8. The number of unbranched alkanes of at least 4 members (excludes halogenated alkanes) is 1. The Kier molecular flexibility index (Phi) is 13.7. The molecule has 0 aliphatic rings. The number of amides is 3. The molecule has 0 unspecified atom stereocenters. The monoisotopic (exact) mass is 619 g/mol. The third-order valence-corrected chi connectivity index (χ3v) is 7.17. The van der Waals surface area contributed by atoms with E-state index in [2.05, 4.69) is 30.9 Å². The zero-order valence-electron chi connectivity index (χ0n) is 25.4. The SMILES string of the molecule is NC(N)=NCCCC[C@H](NC(=O)[C@H](Cc1c[nH]c2ccccc12)NC(=O)[C@@H](N)CCCN=C(N)N)C(=O)NCc1ccccc1. The lowest BCUT2D eigenvalue weighted by Crippen LogP contribution is -2.56. The van der Waals surface area contributed by atoms with Gasteiger partial charge in [0.1, 0.15) is 12.1 Å². The predicted octanol–water partition coefficient (Wildman–Crippen LogP) is -0.179. The number of hydrogen-bond donors (Lipinski definition) is 9. The molecule has 0 saturated carbocycles. The number of fused-ring (bicyclic) bond motifs is 1. The van der Waals surface area contributed by atoms with Gasteiger partial charge in [0, 0.05) is 43.2 Å². The van der Waals surface area contributed by atoms with Gasteiger partial charge in [0.15, 0.2) is 11.9 Å². The molecule has 242 valence electrons. The van der Waals surface area contributed by atoms with E-state index in [1.165, 1.54) is 0 Å². The minimum atomic E-state index is -1.01. The summed E-state index contributed by atoms with van der Waals surface area (Å²) in [6.45, 7) is 1.02. The highest BCUT2D eigenvalue weighted by Crippen LogP contribution is 2.19. The molecule has 3 aromatic rings. The van der Waals surface area contributed by atoms with E-state index in [9.17, 15) is 14.4 Å². The average molecular weight is 620 g/mol. The van der Waals surface area contributed by atoms with Crippen LogP contribution in [0.4, 0.5) is 0 Å². The van der Waals surface area contributed by atoms with Crippen LogP contribution < -0.4 is 44.6 Å². The molecule has 14 N–H and O–H groups in total. The third kappa shape index (κ3) is 11.8. The van der Waals surface area contributed by atoms with E-state index < -0.39 is 29.9 Å². The number of aromatic amines is 1. The van der Waals surface area contributed by atoms with E-state index in [1.54, 1.807) is 6.20 Å². The molecule has 0 saturated heterocycles. The standard InChI is InChI=1S/C31H45N11O3/c32-23(12-8-16-38-31(35)36)27(43)42-26(17-21-19-39-24-13-5-4-11-22(21)24)29(45)41-25(14-6-7-15-37-30(33)34)28(44)40-18-20-9-2-1-3-10-20/h1-5,9-11,13,19,23,25-26,39H,6-8,12,14-18,32H2,(H,40,44)(H,41,45)(H,42,43)(H4,33,34,37)(H4,35,36,38)/t23-,25-,26-/m0/s1. The summed E-state index contributed by atoms with van der Waals surface area (Å²) in [5, 5.41) is 9.51. The fourth-order valence-electron chi connectivity index (χ4n) is 4.78. The van der Waals surface area contributed by atoms with Crippen LogP contribution >= 0.6 is 0 Å². The van der Waals surface area contributed by atoms with Crippen molar-refractivity contribution < 1.29 is 14.4 Å². The van der Waals surface area contributed by atoms with Crippen molar-refractivity contribution in [3.8, 4) is 0 Å². The number of nitrogens with two attached hydrogens (primary N) is 5. The summed E-state index contributed by atoms with van der Waals surface area (Å²) in [6, 6.07) is 14.4. The first-order valence-electron chi connectivity index (χ1n) is 15.0. The maximum Gasteiger partial charge on any atom is 0.243 e. The van der Waals surface area contributed by atoms with Crippen molar-refractivity contribution in [2.45, 2.75) is 63.2 Å². The van der Waals surface area contributed by atoms with Crippen LogP contribution in [0.15, 0.2) is 70.8 Å². The summed E-state index contributed by atoms with van der Waals surface area (Å²) in [6.07, 6.45) is 4.29. The minimum absolute atomic E-state index is 0.00855. The van der Waals surface area contributed by atoms with Gasteiger partial charge in [0.05, 0.1) is 6.04 Å². The zero-order valence-corrected chi connectivity index (χ0v) is 25.4. The van der Waals surface area contributed by atoms with Crippen molar-refractivity contribution in [3.05, 3.63) is 71.9 Å². The first-order valence-corrected chi connectivity index (χ1v) is 15.0. The number of carbonyl (C=O) groups excluding carboxylic acids is 3. The lowest BCUT2D eigenvalue weighted by Gasteiger charge is -2.24. The highest BCUT2D eigenvalue weighted by atomic mass is 16.2. The van der Waals surface area contributed by atoms with Crippen LogP contribution in [0.2, 0.25) is 0 Å². The second kappa shape index (κ2) is 17.9. The molecule has 14 heteroatoms. The molecule has 1 aromatic heterocycles. The van der Waals surface area contributed by atoms with Gasteiger partial charge in [0.2, 0.25) is 17.7 Å². The summed E-state index contributed by atoms with van der Waals surface area (Å²) in [4.78, 5) is 51.4. The van der Waals surface area contributed by atoms with Crippen molar-refractivity contribution in [1.82, 2.24) is 20.9 Å². The van der Waals surface area contributed by atoms with Crippen molar-refractivity contribution in [3.63, 3.8) is 0 Å². The lowest BCUT2D eigenvalue weighted by atomic mass is 10.0. The van der Waals surface area contributed by atoms with Crippen LogP contribution in [0.25, 0.3) is 10.9 Å². The van der Waals surface area contributed by atoms with Gasteiger partial charge >= 0.3 is 0 Å². The van der Waals surface area contributed by atoms with Crippen molar-refractivity contribution in [1.29, 1.82) is 0 Å². The lowest BCUT2D eigenvalue weighted by molar-refractivity contribution is -0.132. The van der Waals surface area contributed by atoms with Gasteiger partial charge < -0.3 is 49.6 Å². The molecule has 3 atom stereocenters. The van der Waals surface area contributed by atoms with E-state index in [0.29, 0.717) is 51.7 Å². The summed E-state index contributed by atoms with van der Waals surface area (Å²) < 4.78 is 0. The average Bonchev–Trinajstić information content (AvgIpc) is 3.43. The van der Waals surface area contributed by atoms with Crippen LogP contribution in [0.3, 0.4) is 0 Å². The quantitative estimate of drug-likeness (QED) is 0.0523. The Labute approximate surface area is 262 Å². The number of aliphatic imine (C=N–C) groups is 2. The maximum atomic E-state index is 13.8. The van der Waals surface area contributed by atoms with Crippen LogP contribution in [0.1, 0.15) is 43.2 Å². The number of nitrogens with one attached hydrogen (secondary N) is 4. The van der Waals surface area contributed by atoms with Gasteiger partial charge in [0.25, 0.3) is 0 Å². The van der Waals surface area contributed by atoms with E-state index in [4.69, 9.17) is 28.7 Å². The van der Waals surface area contributed by atoms with Gasteiger partial charge in [-0.15, -0.1) is 0 Å². The summed E-state index contributed by atoms with van der Waals surface area (Å²) in [5.74, 6) is -1.40. The van der Waals surface area contributed by atoms with Crippen molar-refractivity contribution in [2.75, 3.05) is 13.1 Å². The number of nitrogens with zero attached hydrogens (tertiary/aromatic N) is 2. The Hall–Kier alpha value is -5.11. The molecule has 0 aliphatic carbocycles. The number of aromatic nitrogens is 1. The molecule has 0 fully saturated rings. The Morgan fingerprint density at radius 3 is 2.09 bits per heavy atom. The second-order valence-corrected chi connectivity index (χ2v) is 10.7. The fourth-order valence-corrected chi connectivity index (χ4v) is 4.78. The number of H-pyrrole nitrogens is 1. The molecule has 0 bridgehead atoms. The summed E-state index contributed by atoms with van der Waals surface area (Å²) in [7, 11) is 0. The Balaban J connectivity index is 1.76. The molecular weight excluding hydrogens is 574 g/mol. The van der Waals surface area contributed by atoms with Crippen LogP contribution in [0, 0.1) is 0 Å². The topological polar surface area (TPSA) is 258 Å². The molecule has 0 spiro atoms. The number of benzene rings is 2. The Bertz CT molecular complexity index is 1450. The van der Waals surface area contributed by atoms with E-state index in [1.807, 2.05) is 54.6 Å². The van der Waals surface area contributed by atoms with Gasteiger partial charge in [-0.25, -0.2) is 0 Å². The number of rotatable bonds is 18. The first kappa shape index (κ1) is 34.4. The van der Waals surface area contributed by atoms with Gasteiger partial charge in [-0.3, -0.25) is 24.4 Å². The van der Waals surface area contributed by atoms with Gasteiger partial charge in [-0.2, -0.15) is 0 Å². The van der Waals surface area contributed by atoms with Gasteiger partial charge in [-0.1, -0.05) is 48.5 Å². The highest BCUT2D eigenvalue weighted by Gasteiger charge is 2.29.